The van der Waals surface area contributed by atoms with E-state index in [-0.39, 0.29) is 36.4 Å². The van der Waals surface area contributed by atoms with Crippen LogP contribution in [0.25, 0.3) is 0 Å². The molecule has 1 atom stereocenters. The number of phenolic OH excluding ortho intramolecular Hbond substituents is 1. The van der Waals surface area contributed by atoms with Crippen LogP contribution in [0, 0.1) is 0 Å². The topological polar surface area (TPSA) is 92.4 Å². The van der Waals surface area contributed by atoms with Gasteiger partial charge in [-0.1, -0.05) is 55.3 Å². The zero-order valence-corrected chi connectivity index (χ0v) is 16.6. The highest BCUT2D eigenvalue weighted by atomic mass is 35.5. The van der Waals surface area contributed by atoms with Gasteiger partial charge in [-0.3, -0.25) is 9.59 Å². The molecule has 0 aliphatic heterocycles. The molecule has 1 fully saturated rings. The number of hydrogen-bond acceptors (Lipinski definition) is 4. The minimum absolute atomic E-state index is 0. The Hall–Kier alpha value is -2.37. The van der Waals surface area contributed by atoms with Crippen molar-refractivity contribution < 1.29 is 14.7 Å². The summed E-state index contributed by atoms with van der Waals surface area (Å²) in [4.78, 5) is 25.3. The summed E-state index contributed by atoms with van der Waals surface area (Å²) in [6, 6.07) is 15.7. The fourth-order valence-electron chi connectivity index (χ4n) is 3.91. The summed E-state index contributed by atoms with van der Waals surface area (Å²) in [7, 11) is 0. The fraction of sp³-hybridized carbons (Fsp3) is 0.364. The summed E-state index contributed by atoms with van der Waals surface area (Å²) >= 11 is 0. The molecule has 1 amide bonds. The largest absolute Gasteiger partial charge is 0.508 e. The molecule has 2 aromatic rings. The number of rotatable bonds is 7. The van der Waals surface area contributed by atoms with Gasteiger partial charge in [0.25, 0.3) is 0 Å². The number of benzene rings is 2. The first kappa shape index (κ1) is 21.9. The summed E-state index contributed by atoms with van der Waals surface area (Å²) < 4.78 is 0. The van der Waals surface area contributed by atoms with Crippen molar-refractivity contribution in [2.75, 3.05) is 6.54 Å². The summed E-state index contributed by atoms with van der Waals surface area (Å²) in [5.74, 6) is -0.112. The van der Waals surface area contributed by atoms with E-state index in [0.717, 1.165) is 36.8 Å². The number of aromatic hydroxyl groups is 1. The second kappa shape index (κ2) is 9.71. The maximum atomic E-state index is 13.0. The van der Waals surface area contributed by atoms with E-state index in [1.807, 2.05) is 30.3 Å². The van der Waals surface area contributed by atoms with Crippen LogP contribution in [0.5, 0.6) is 5.75 Å². The fourth-order valence-corrected chi connectivity index (χ4v) is 3.91. The van der Waals surface area contributed by atoms with Gasteiger partial charge in [0.1, 0.15) is 5.75 Å². The smallest absolute Gasteiger partial charge is 0.237 e. The van der Waals surface area contributed by atoms with Gasteiger partial charge in [0.2, 0.25) is 5.91 Å². The Balaban J connectivity index is 0.00000280. The molecule has 3 rings (SSSR count). The number of carbonyl (C=O) groups is 2. The average molecular weight is 403 g/mol. The second-order valence-corrected chi connectivity index (χ2v) is 7.27. The van der Waals surface area contributed by atoms with E-state index in [9.17, 15) is 14.7 Å². The van der Waals surface area contributed by atoms with Gasteiger partial charge in [-0.05, 0) is 42.5 Å². The van der Waals surface area contributed by atoms with E-state index in [0.29, 0.717) is 6.42 Å². The lowest BCUT2D eigenvalue weighted by molar-refractivity contribution is -0.128. The first-order chi connectivity index (χ1) is 13.0. The number of nitrogens with two attached hydrogens (primary N) is 1. The lowest BCUT2D eigenvalue weighted by Gasteiger charge is -2.28. The lowest BCUT2D eigenvalue weighted by Crippen LogP contribution is -2.47. The van der Waals surface area contributed by atoms with Crippen molar-refractivity contribution in [3.8, 4) is 5.75 Å². The van der Waals surface area contributed by atoms with Crippen molar-refractivity contribution in [1.82, 2.24) is 5.32 Å². The Morgan fingerprint density at radius 3 is 2.25 bits per heavy atom. The number of hydrogen-bond donors (Lipinski definition) is 3. The van der Waals surface area contributed by atoms with Crippen molar-refractivity contribution in [3.63, 3.8) is 0 Å². The minimum atomic E-state index is -0.737. The summed E-state index contributed by atoms with van der Waals surface area (Å²) in [5.41, 5.74) is 7.39. The van der Waals surface area contributed by atoms with Crippen LogP contribution in [0.2, 0.25) is 0 Å². The van der Waals surface area contributed by atoms with Gasteiger partial charge >= 0.3 is 0 Å². The van der Waals surface area contributed by atoms with Crippen LogP contribution >= 0.6 is 12.4 Å². The maximum Gasteiger partial charge on any atom is 0.237 e. The highest BCUT2D eigenvalue weighted by Gasteiger charge is 2.42. The number of amides is 1. The maximum absolute atomic E-state index is 13.0. The predicted octanol–water partition coefficient (Wildman–Crippen LogP) is 2.88. The Labute approximate surface area is 171 Å². The number of halogens is 1. The normalized spacial score (nSPS) is 16.0. The Morgan fingerprint density at radius 1 is 1.04 bits per heavy atom. The van der Waals surface area contributed by atoms with Crippen LogP contribution in [-0.2, 0) is 21.4 Å². The van der Waals surface area contributed by atoms with Crippen LogP contribution in [0.4, 0.5) is 0 Å². The number of nitrogens with one attached hydrogen (secondary N) is 1. The quantitative estimate of drug-likeness (QED) is 0.663. The highest BCUT2D eigenvalue weighted by molar-refractivity contribution is 5.95. The van der Waals surface area contributed by atoms with Crippen molar-refractivity contribution in [2.45, 2.75) is 43.6 Å². The molecule has 150 valence electrons. The van der Waals surface area contributed by atoms with Crippen molar-refractivity contribution in [2.24, 2.45) is 5.73 Å². The van der Waals surface area contributed by atoms with Gasteiger partial charge in [0, 0.05) is 0 Å². The SMILES string of the molecule is Cl.NC(Cc1ccc(O)cc1)C(=O)NCC(=O)C1(c2ccccc2)CCCC1. The monoisotopic (exact) mass is 402 g/mol. The Bertz CT molecular complexity index is 787. The van der Waals surface area contributed by atoms with E-state index in [2.05, 4.69) is 5.32 Å². The number of phenols is 1. The molecule has 1 aliphatic rings. The molecule has 2 aromatic carbocycles. The van der Waals surface area contributed by atoms with Crippen molar-refractivity contribution in [3.05, 3.63) is 65.7 Å². The van der Waals surface area contributed by atoms with Crippen molar-refractivity contribution >= 4 is 24.1 Å². The summed E-state index contributed by atoms with van der Waals surface area (Å²) in [6.07, 6.45) is 4.05. The molecule has 0 radical (unpaired) electrons. The molecule has 0 spiro atoms. The molecule has 0 aromatic heterocycles. The van der Waals surface area contributed by atoms with Crippen LogP contribution in [0.3, 0.4) is 0 Å². The molecular weight excluding hydrogens is 376 g/mol. The number of ketones is 1. The van der Waals surface area contributed by atoms with Gasteiger partial charge in [0.05, 0.1) is 18.0 Å². The number of Topliss-reactive ketones (excluding diaryl/α,β-unsaturated/α-hetero) is 1. The van der Waals surface area contributed by atoms with E-state index in [1.54, 1.807) is 24.3 Å². The zero-order chi connectivity index (χ0) is 19.3. The van der Waals surface area contributed by atoms with Gasteiger partial charge in [-0.25, -0.2) is 0 Å². The molecule has 4 N–H and O–H groups in total. The number of carbonyl (C=O) groups excluding carboxylic acids is 2. The second-order valence-electron chi connectivity index (χ2n) is 7.27. The van der Waals surface area contributed by atoms with Crippen LogP contribution in [0.15, 0.2) is 54.6 Å². The zero-order valence-electron chi connectivity index (χ0n) is 15.8. The van der Waals surface area contributed by atoms with E-state index in [4.69, 9.17) is 5.73 Å². The summed E-state index contributed by atoms with van der Waals surface area (Å²) in [6.45, 7) is -0.00297. The molecule has 5 nitrogen and oxygen atoms in total. The lowest BCUT2D eigenvalue weighted by atomic mass is 9.75. The van der Waals surface area contributed by atoms with E-state index < -0.39 is 11.5 Å². The third-order valence-electron chi connectivity index (χ3n) is 5.47. The predicted molar refractivity (Wildman–Crippen MR) is 112 cm³/mol. The average Bonchev–Trinajstić information content (AvgIpc) is 3.19. The van der Waals surface area contributed by atoms with Crippen LogP contribution in [0.1, 0.15) is 36.8 Å². The summed E-state index contributed by atoms with van der Waals surface area (Å²) in [5, 5.41) is 12.0. The standard InChI is InChI=1S/C22H26N2O3.ClH/c23-19(14-16-8-10-18(25)11-9-16)21(27)24-15-20(26)22(12-4-5-13-22)17-6-2-1-3-7-17;/h1-3,6-11,19,25H,4-5,12-15,23H2,(H,24,27);1H. The molecule has 1 unspecified atom stereocenters. The minimum Gasteiger partial charge on any atom is -0.508 e. The molecule has 0 bridgehead atoms. The van der Waals surface area contributed by atoms with Gasteiger partial charge < -0.3 is 16.2 Å². The molecular formula is C22H27ClN2O3. The molecule has 0 heterocycles. The molecule has 0 saturated heterocycles. The van der Waals surface area contributed by atoms with Gasteiger partial charge in [-0.2, -0.15) is 0 Å². The third-order valence-corrected chi connectivity index (χ3v) is 5.47. The van der Waals surface area contributed by atoms with Gasteiger partial charge in [0.15, 0.2) is 5.78 Å². The molecule has 28 heavy (non-hydrogen) atoms. The van der Waals surface area contributed by atoms with Crippen LogP contribution in [-0.4, -0.2) is 29.4 Å². The molecule has 1 aliphatic carbocycles. The van der Waals surface area contributed by atoms with Gasteiger partial charge in [-0.15, -0.1) is 12.4 Å². The third kappa shape index (κ3) is 4.91. The first-order valence-corrected chi connectivity index (χ1v) is 9.41. The van der Waals surface area contributed by atoms with Crippen LogP contribution < -0.4 is 11.1 Å². The Kier molecular flexibility index (Phi) is 7.61. The Morgan fingerprint density at radius 2 is 1.64 bits per heavy atom. The molecule has 1 saturated carbocycles. The van der Waals surface area contributed by atoms with E-state index >= 15 is 0 Å². The van der Waals surface area contributed by atoms with Crippen molar-refractivity contribution in [1.29, 1.82) is 0 Å². The molecule has 6 heteroatoms. The van der Waals surface area contributed by atoms with E-state index in [1.165, 1.54) is 0 Å². The first-order valence-electron chi connectivity index (χ1n) is 9.41. The highest BCUT2D eigenvalue weighted by Crippen LogP contribution is 2.41.